The zero-order valence-electron chi connectivity index (χ0n) is 18.5. The van der Waals surface area contributed by atoms with Crippen molar-refractivity contribution in [1.82, 2.24) is 14.8 Å². The highest BCUT2D eigenvalue weighted by Crippen LogP contribution is 2.24. The van der Waals surface area contributed by atoms with E-state index in [9.17, 15) is 19.3 Å². The lowest BCUT2D eigenvalue weighted by Crippen LogP contribution is -2.45. The van der Waals surface area contributed by atoms with Crippen LogP contribution < -0.4 is 5.32 Å². The maximum Gasteiger partial charge on any atom is 0.277 e. The van der Waals surface area contributed by atoms with E-state index < -0.39 is 16.6 Å². The van der Waals surface area contributed by atoms with Crippen molar-refractivity contribution in [2.45, 2.75) is 20.0 Å². The van der Waals surface area contributed by atoms with E-state index in [1.165, 1.54) is 24.5 Å². The summed E-state index contributed by atoms with van der Waals surface area (Å²) in [4.78, 5) is 31.6. The fourth-order valence-electron chi connectivity index (χ4n) is 3.74. The van der Waals surface area contributed by atoms with E-state index in [-0.39, 0.29) is 17.1 Å². The van der Waals surface area contributed by atoms with Crippen LogP contribution in [0.5, 0.6) is 0 Å². The van der Waals surface area contributed by atoms with Crippen molar-refractivity contribution in [2.75, 3.05) is 31.5 Å². The number of halogens is 2. The molecule has 0 bridgehead atoms. The van der Waals surface area contributed by atoms with Crippen LogP contribution in [-0.4, -0.2) is 51.8 Å². The molecule has 0 spiro atoms. The number of carbonyl (C=O) groups is 1. The lowest BCUT2D eigenvalue weighted by molar-refractivity contribution is -0.384. The van der Waals surface area contributed by atoms with Crippen molar-refractivity contribution in [3.8, 4) is 0 Å². The molecule has 1 fully saturated rings. The Bertz CT molecular complexity index is 1210. The first kappa shape index (κ1) is 23.8. The topological polar surface area (TPSA) is 105 Å². The van der Waals surface area contributed by atoms with Crippen LogP contribution in [-0.2, 0) is 13.1 Å². The second-order valence-electron chi connectivity index (χ2n) is 8.15. The van der Waals surface area contributed by atoms with E-state index in [4.69, 9.17) is 16.0 Å². The summed E-state index contributed by atoms with van der Waals surface area (Å²) in [7, 11) is 0. The first-order valence-corrected chi connectivity index (χ1v) is 11.1. The van der Waals surface area contributed by atoms with Gasteiger partial charge in [0.25, 0.3) is 11.6 Å². The van der Waals surface area contributed by atoms with Gasteiger partial charge in [-0.1, -0.05) is 17.7 Å². The minimum atomic E-state index is -0.543. The van der Waals surface area contributed by atoms with E-state index in [0.29, 0.717) is 24.0 Å². The third-order valence-corrected chi connectivity index (χ3v) is 5.98. The zero-order chi connectivity index (χ0) is 24.2. The molecule has 3 aromatic rings. The molecule has 0 aliphatic carbocycles. The second-order valence-corrected chi connectivity index (χ2v) is 8.56. The average molecular weight is 488 g/mol. The zero-order valence-corrected chi connectivity index (χ0v) is 19.2. The van der Waals surface area contributed by atoms with Crippen molar-refractivity contribution < 1.29 is 18.5 Å². The Morgan fingerprint density at radius 1 is 1.18 bits per heavy atom. The van der Waals surface area contributed by atoms with Gasteiger partial charge in [0, 0.05) is 49.9 Å². The molecule has 1 saturated heterocycles. The Hall–Kier alpha value is -3.34. The van der Waals surface area contributed by atoms with Gasteiger partial charge >= 0.3 is 0 Å². The quantitative estimate of drug-likeness (QED) is 0.392. The van der Waals surface area contributed by atoms with Gasteiger partial charge in [0.15, 0.2) is 5.69 Å². The van der Waals surface area contributed by atoms with E-state index in [1.54, 1.807) is 25.1 Å². The SMILES string of the molecule is Cc1ccc(F)c(NC(=O)c2coc(CN3CCN(Cc4cc([N+](=O)[O-])ccc4Cl)CC3)n2)c1. The molecule has 0 saturated carbocycles. The summed E-state index contributed by atoms with van der Waals surface area (Å²) in [6.45, 7) is 5.68. The molecule has 9 nitrogen and oxygen atoms in total. The summed E-state index contributed by atoms with van der Waals surface area (Å²) in [6, 6.07) is 8.93. The van der Waals surface area contributed by atoms with Gasteiger partial charge in [0.1, 0.15) is 12.1 Å². The summed E-state index contributed by atoms with van der Waals surface area (Å²) < 4.78 is 19.4. The third kappa shape index (κ3) is 5.77. The maximum absolute atomic E-state index is 13.9. The van der Waals surface area contributed by atoms with Gasteiger partial charge in [-0.2, -0.15) is 0 Å². The molecule has 2 aromatic carbocycles. The van der Waals surface area contributed by atoms with Gasteiger partial charge < -0.3 is 9.73 Å². The molecule has 34 heavy (non-hydrogen) atoms. The van der Waals surface area contributed by atoms with Crippen LogP contribution in [0.15, 0.2) is 47.1 Å². The molecule has 1 aliphatic rings. The van der Waals surface area contributed by atoms with Gasteiger partial charge in [-0.15, -0.1) is 0 Å². The fourth-order valence-corrected chi connectivity index (χ4v) is 3.92. The number of nitro benzene ring substituents is 1. The number of benzene rings is 2. The number of non-ortho nitro benzene ring substituents is 1. The van der Waals surface area contributed by atoms with Crippen molar-refractivity contribution in [1.29, 1.82) is 0 Å². The summed E-state index contributed by atoms with van der Waals surface area (Å²) in [5.74, 6) is -0.671. The number of nitrogens with one attached hydrogen (secondary N) is 1. The van der Waals surface area contributed by atoms with Crippen LogP contribution in [0.1, 0.15) is 27.5 Å². The Kier molecular flexibility index (Phi) is 7.20. The van der Waals surface area contributed by atoms with Gasteiger partial charge in [0.05, 0.1) is 17.2 Å². The number of nitro groups is 1. The van der Waals surface area contributed by atoms with Gasteiger partial charge in [-0.25, -0.2) is 9.37 Å². The third-order valence-electron chi connectivity index (χ3n) is 5.61. The fraction of sp³-hybridized carbons (Fsp3) is 0.304. The van der Waals surface area contributed by atoms with Crippen LogP contribution in [0.3, 0.4) is 0 Å². The Balaban J connectivity index is 1.30. The number of piperazine rings is 1. The van der Waals surface area contributed by atoms with E-state index >= 15 is 0 Å². The maximum atomic E-state index is 13.9. The van der Waals surface area contributed by atoms with Gasteiger partial charge in [0.2, 0.25) is 5.89 Å². The highest BCUT2D eigenvalue weighted by Gasteiger charge is 2.21. The Labute approximate surface area is 200 Å². The minimum absolute atomic E-state index is 0.0203. The number of carbonyl (C=O) groups excluding carboxylic acids is 1. The Morgan fingerprint density at radius 3 is 2.59 bits per heavy atom. The van der Waals surface area contributed by atoms with Gasteiger partial charge in [-0.3, -0.25) is 24.7 Å². The molecule has 4 rings (SSSR count). The predicted molar refractivity (Wildman–Crippen MR) is 124 cm³/mol. The molecule has 2 heterocycles. The summed E-state index contributed by atoms with van der Waals surface area (Å²) in [6.07, 6.45) is 1.26. The van der Waals surface area contributed by atoms with Crippen LogP contribution in [0, 0.1) is 22.9 Å². The molecule has 0 radical (unpaired) electrons. The lowest BCUT2D eigenvalue weighted by Gasteiger charge is -2.34. The highest BCUT2D eigenvalue weighted by atomic mass is 35.5. The number of hydrogen-bond acceptors (Lipinski definition) is 7. The van der Waals surface area contributed by atoms with Crippen LogP contribution >= 0.6 is 11.6 Å². The molecule has 0 atom stereocenters. The van der Waals surface area contributed by atoms with E-state index in [2.05, 4.69) is 20.1 Å². The number of aromatic nitrogens is 1. The van der Waals surface area contributed by atoms with Gasteiger partial charge in [-0.05, 0) is 36.2 Å². The first-order chi connectivity index (χ1) is 16.3. The first-order valence-electron chi connectivity index (χ1n) is 10.7. The van der Waals surface area contributed by atoms with Crippen molar-refractivity contribution in [3.05, 3.63) is 86.3 Å². The lowest BCUT2D eigenvalue weighted by atomic mass is 10.1. The standard InChI is InChI=1S/C23H23ClFN5O4/c1-15-2-5-19(25)20(10-15)27-23(31)21-14-34-22(26-21)13-29-8-6-28(7-9-29)12-16-11-17(30(32)33)3-4-18(16)24/h2-5,10-11,14H,6-9,12-13H2,1H3,(H,27,31). The van der Waals surface area contributed by atoms with E-state index in [1.807, 2.05) is 0 Å². The number of nitrogens with zero attached hydrogens (tertiary/aromatic N) is 4. The predicted octanol–water partition coefficient (Wildman–Crippen LogP) is 4.25. The van der Waals surface area contributed by atoms with Crippen LogP contribution in [0.25, 0.3) is 0 Å². The minimum Gasteiger partial charge on any atom is -0.447 e. The average Bonchev–Trinajstić information content (AvgIpc) is 3.27. The number of hydrogen-bond donors (Lipinski definition) is 1. The number of amides is 1. The monoisotopic (exact) mass is 487 g/mol. The Morgan fingerprint density at radius 2 is 1.88 bits per heavy atom. The molecule has 0 unspecified atom stereocenters. The van der Waals surface area contributed by atoms with E-state index in [0.717, 1.165) is 37.3 Å². The van der Waals surface area contributed by atoms with Crippen molar-refractivity contribution in [3.63, 3.8) is 0 Å². The highest BCUT2D eigenvalue weighted by molar-refractivity contribution is 6.31. The number of aryl methyl sites for hydroxylation is 1. The van der Waals surface area contributed by atoms with Crippen molar-refractivity contribution >= 4 is 28.9 Å². The smallest absolute Gasteiger partial charge is 0.277 e. The second kappa shape index (κ2) is 10.3. The largest absolute Gasteiger partial charge is 0.447 e. The number of oxazole rings is 1. The molecular weight excluding hydrogens is 465 g/mol. The number of rotatable bonds is 7. The van der Waals surface area contributed by atoms with Crippen molar-refractivity contribution in [2.24, 2.45) is 0 Å². The van der Waals surface area contributed by atoms with Crippen LogP contribution in [0.4, 0.5) is 15.8 Å². The van der Waals surface area contributed by atoms with Crippen LogP contribution in [0.2, 0.25) is 5.02 Å². The normalized spacial score (nSPS) is 14.8. The molecule has 1 N–H and O–H groups in total. The summed E-state index contributed by atoms with van der Waals surface area (Å²) >= 11 is 6.22. The summed E-state index contributed by atoms with van der Waals surface area (Å²) in [5.41, 5.74) is 1.73. The number of anilines is 1. The molecule has 1 amide bonds. The molecular formula is C23H23ClFN5O4. The molecule has 178 valence electrons. The summed E-state index contributed by atoms with van der Waals surface area (Å²) in [5, 5.41) is 14.0. The molecule has 11 heteroatoms. The molecule has 1 aliphatic heterocycles. The molecule has 1 aromatic heterocycles.